The number of alkyl halides is 4. The third-order valence-corrected chi connectivity index (χ3v) is 0.630. The Bertz CT molecular complexity index is 208. The molecule has 0 nitrogen and oxygen atoms in total. The van der Waals surface area contributed by atoms with Crippen molar-refractivity contribution in [2.45, 2.75) is 6.18 Å². The maximum Gasteiger partial charge on any atom is 0.442 e. The fourth-order valence-corrected chi connectivity index (χ4v) is 0.0505. The normalized spacial score (nSPS) is 10.0. The summed E-state index contributed by atoms with van der Waals surface area (Å²) in [6.07, 6.45) is -7.44. The highest BCUT2D eigenvalue weighted by atomic mass is 19.4. The average molecular weight is 228 g/mol. The van der Waals surface area contributed by atoms with E-state index in [0.29, 0.717) is 0 Å². The quantitative estimate of drug-likeness (QED) is 0.593. The molecule has 0 rings (SSSR count). The van der Waals surface area contributed by atoms with E-state index in [4.69, 9.17) is 0 Å². The summed E-state index contributed by atoms with van der Waals surface area (Å²) in [5, 5.41) is 0. The monoisotopic (exact) mass is 228 g/mol. The van der Waals surface area contributed by atoms with Gasteiger partial charge in [-0.1, -0.05) is 6.58 Å². The van der Waals surface area contributed by atoms with Crippen molar-refractivity contribution in [2.75, 3.05) is 6.67 Å². The Labute approximate surface area is 73.5 Å². The van der Waals surface area contributed by atoms with Gasteiger partial charge in [0.15, 0.2) is 11.7 Å². The first-order valence-corrected chi connectivity index (χ1v) is 2.80. The van der Waals surface area contributed by atoms with Gasteiger partial charge in [-0.3, -0.25) is 0 Å². The molecule has 14 heavy (non-hydrogen) atoms. The lowest BCUT2D eigenvalue weighted by molar-refractivity contribution is -0.108. The van der Waals surface area contributed by atoms with Crippen LogP contribution in [0.5, 0.6) is 0 Å². The molecule has 0 atom stereocenters. The molecular formula is C6H4F8. The van der Waals surface area contributed by atoms with Crippen LogP contribution in [0, 0.1) is 0 Å². The number of allylic oxidation sites excluding steroid dienone is 2. The molecule has 0 aromatic carbocycles. The molecule has 0 spiro atoms. The van der Waals surface area contributed by atoms with Gasteiger partial charge < -0.3 is 0 Å². The van der Waals surface area contributed by atoms with E-state index in [1.165, 1.54) is 0 Å². The summed E-state index contributed by atoms with van der Waals surface area (Å²) in [6, 6.07) is 0. The second-order valence-electron chi connectivity index (χ2n) is 1.70. The van der Waals surface area contributed by atoms with Gasteiger partial charge >= 0.3 is 12.3 Å². The van der Waals surface area contributed by atoms with E-state index in [2.05, 4.69) is 0 Å². The van der Waals surface area contributed by atoms with Gasteiger partial charge in [0.2, 0.25) is 0 Å². The molecule has 84 valence electrons. The zero-order valence-electron chi connectivity index (χ0n) is 6.44. The molecule has 0 aliphatic rings. The van der Waals surface area contributed by atoms with E-state index in [1.807, 2.05) is 6.58 Å². The van der Waals surface area contributed by atoms with Crippen molar-refractivity contribution in [3.8, 4) is 0 Å². The Morgan fingerprint density at radius 3 is 1.29 bits per heavy atom. The summed E-state index contributed by atoms with van der Waals surface area (Å²) >= 11 is 0. The smallest absolute Gasteiger partial charge is 0.243 e. The molecule has 0 bridgehead atoms. The van der Waals surface area contributed by atoms with Gasteiger partial charge in [0.05, 0.1) is 0 Å². The van der Waals surface area contributed by atoms with Crippen molar-refractivity contribution in [1.82, 2.24) is 0 Å². The number of halogens is 8. The number of rotatable bonds is 1. The van der Waals surface area contributed by atoms with Gasteiger partial charge in [-0.2, -0.15) is 22.0 Å². The molecule has 0 aliphatic heterocycles. The lowest BCUT2D eigenvalue weighted by Crippen LogP contribution is -2.05. The van der Waals surface area contributed by atoms with Crippen LogP contribution < -0.4 is 0 Å². The zero-order valence-corrected chi connectivity index (χ0v) is 6.44. The molecule has 0 N–H and O–H groups in total. The molecule has 0 aromatic heterocycles. The molecule has 0 aliphatic carbocycles. The zero-order chi connectivity index (χ0) is 11.9. The molecule has 8 heteroatoms. The lowest BCUT2D eigenvalue weighted by atomic mass is 10.6. The molecule has 0 unspecified atom stereocenters. The van der Waals surface area contributed by atoms with E-state index in [0.717, 1.165) is 0 Å². The first-order chi connectivity index (χ1) is 6.12. The Morgan fingerprint density at radius 1 is 1.00 bits per heavy atom. The fourth-order valence-electron chi connectivity index (χ4n) is 0.0505. The van der Waals surface area contributed by atoms with Crippen LogP contribution in [-0.4, -0.2) is 12.9 Å². The average Bonchev–Trinajstić information content (AvgIpc) is 2.02. The van der Waals surface area contributed by atoms with E-state index >= 15 is 0 Å². The van der Waals surface area contributed by atoms with Crippen LogP contribution >= 0.6 is 0 Å². The number of hydrogen-bond acceptors (Lipinski definition) is 0. The summed E-state index contributed by atoms with van der Waals surface area (Å²) in [5.74, 6) is -4.24. The van der Waals surface area contributed by atoms with Gasteiger partial charge in [0.25, 0.3) is 0 Å². The molecule has 0 aromatic rings. The summed E-state index contributed by atoms with van der Waals surface area (Å²) in [6.45, 7) is 0.315. The Balaban J connectivity index is 0. The van der Waals surface area contributed by atoms with Crippen LogP contribution in [0.4, 0.5) is 35.1 Å². The minimum atomic E-state index is -4.86. The Hall–Kier alpha value is -1.08. The SMILES string of the molecule is C=C(F)C(F)(F)F.FCC(F)=C(F)F. The largest absolute Gasteiger partial charge is 0.442 e. The van der Waals surface area contributed by atoms with Gasteiger partial charge in [-0.15, -0.1) is 0 Å². The lowest BCUT2D eigenvalue weighted by Gasteiger charge is -1.97. The second-order valence-corrected chi connectivity index (χ2v) is 1.70. The Morgan fingerprint density at radius 2 is 1.29 bits per heavy atom. The molecule has 0 fully saturated rings. The highest BCUT2D eigenvalue weighted by Gasteiger charge is 2.32. The van der Waals surface area contributed by atoms with Crippen LogP contribution in [0.25, 0.3) is 0 Å². The molecule has 0 heterocycles. The van der Waals surface area contributed by atoms with Crippen LogP contribution in [0.2, 0.25) is 0 Å². The van der Waals surface area contributed by atoms with Gasteiger partial charge in [0, 0.05) is 0 Å². The highest BCUT2D eigenvalue weighted by Crippen LogP contribution is 2.23. The molecule has 0 saturated heterocycles. The summed E-state index contributed by atoms with van der Waals surface area (Å²) < 4.78 is 86.1. The van der Waals surface area contributed by atoms with Crippen molar-refractivity contribution < 1.29 is 35.1 Å². The predicted molar refractivity (Wildman–Crippen MR) is 32.6 cm³/mol. The third kappa shape index (κ3) is 9.01. The molecular weight excluding hydrogens is 224 g/mol. The standard InChI is InChI=1S/2C3H2F4/c1-2(4)3(5,6)7;4-1-2(5)3(6)7/h2*1H2. The fraction of sp³-hybridized carbons (Fsp3) is 0.333. The second kappa shape index (κ2) is 6.39. The summed E-state index contributed by atoms with van der Waals surface area (Å²) in [5.41, 5.74) is 0. The van der Waals surface area contributed by atoms with Crippen LogP contribution in [0.3, 0.4) is 0 Å². The van der Waals surface area contributed by atoms with Crippen molar-refractivity contribution >= 4 is 0 Å². The van der Waals surface area contributed by atoms with Gasteiger partial charge in [-0.25, -0.2) is 13.2 Å². The predicted octanol–water partition coefficient (Wildman–Crippen LogP) is 4.07. The van der Waals surface area contributed by atoms with Crippen LogP contribution in [0.1, 0.15) is 0 Å². The molecule has 0 amide bonds. The van der Waals surface area contributed by atoms with Gasteiger partial charge in [0.1, 0.15) is 6.67 Å². The van der Waals surface area contributed by atoms with Crippen molar-refractivity contribution in [2.24, 2.45) is 0 Å². The topological polar surface area (TPSA) is 0 Å². The number of hydrogen-bond donors (Lipinski definition) is 0. The van der Waals surface area contributed by atoms with Crippen molar-refractivity contribution in [1.29, 1.82) is 0 Å². The van der Waals surface area contributed by atoms with Gasteiger partial charge in [-0.05, 0) is 0 Å². The summed E-state index contributed by atoms with van der Waals surface area (Å²) in [4.78, 5) is 0. The van der Waals surface area contributed by atoms with E-state index in [-0.39, 0.29) is 0 Å². The van der Waals surface area contributed by atoms with E-state index in [1.54, 1.807) is 0 Å². The first-order valence-electron chi connectivity index (χ1n) is 2.80. The maximum absolute atomic E-state index is 11.0. The van der Waals surface area contributed by atoms with Crippen molar-refractivity contribution in [3.63, 3.8) is 0 Å². The molecule has 0 saturated carbocycles. The van der Waals surface area contributed by atoms with E-state index in [9.17, 15) is 35.1 Å². The molecule has 0 radical (unpaired) electrons. The highest BCUT2D eigenvalue weighted by molar-refractivity contribution is 4.90. The Kier molecular flexibility index (Phi) is 7.02. The first kappa shape index (κ1) is 15.4. The van der Waals surface area contributed by atoms with Crippen LogP contribution in [-0.2, 0) is 0 Å². The summed E-state index contributed by atoms with van der Waals surface area (Å²) in [7, 11) is 0. The van der Waals surface area contributed by atoms with Crippen molar-refractivity contribution in [3.05, 3.63) is 24.3 Å². The van der Waals surface area contributed by atoms with E-state index < -0.39 is 30.6 Å². The van der Waals surface area contributed by atoms with Crippen LogP contribution in [0.15, 0.2) is 24.3 Å². The minimum Gasteiger partial charge on any atom is -0.243 e. The minimum absolute atomic E-state index is 1.72. The maximum atomic E-state index is 11.0. The third-order valence-electron chi connectivity index (χ3n) is 0.630.